The summed E-state index contributed by atoms with van der Waals surface area (Å²) in [6, 6.07) is 3.53. The number of carbonyl (C=O) groups is 1. The smallest absolute Gasteiger partial charge is 0.251 e. The number of carbonyl (C=O) groups excluding carboxylic acids is 1. The maximum Gasteiger partial charge on any atom is 0.251 e. The SMILES string of the molecule is CC(C)C(CNC(=O)c1ccnc(Cl)c1)N(C)C. The molecule has 0 spiro atoms. The van der Waals surface area contributed by atoms with Crippen molar-refractivity contribution in [2.75, 3.05) is 20.6 Å². The predicted octanol–water partition coefficient (Wildman–Crippen LogP) is 2.05. The van der Waals surface area contributed by atoms with Gasteiger partial charge in [0, 0.05) is 24.3 Å². The van der Waals surface area contributed by atoms with E-state index in [0.29, 0.717) is 29.2 Å². The predicted molar refractivity (Wildman–Crippen MR) is 73.9 cm³/mol. The summed E-state index contributed by atoms with van der Waals surface area (Å²) in [7, 11) is 4.03. The lowest BCUT2D eigenvalue weighted by molar-refractivity contribution is 0.0934. The Hall–Kier alpha value is -1.13. The molecule has 0 radical (unpaired) electrons. The molecule has 0 saturated heterocycles. The first-order valence-electron chi connectivity index (χ1n) is 5.98. The zero-order valence-electron chi connectivity index (χ0n) is 11.3. The number of aromatic nitrogens is 1. The molecule has 18 heavy (non-hydrogen) atoms. The van der Waals surface area contributed by atoms with E-state index in [1.54, 1.807) is 12.1 Å². The molecule has 5 heteroatoms. The quantitative estimate of drug-likeness (QED) is 0.832. The summed E-state index contributed by atoms with van der Waals surface area (Å²) in [4.78, 5) is 17.9. The van der Waals surface area contributed by atoms with E-state index in [1.165, 1.54) is 6.20 Å². The van der Waals surface area contributed by atoms with Crippen LogP contribution in [0.2, 0.25) is 5.15 Å². The average Bonchev–Trinajstić information content (AvgIpc) is 2.28. The minimum atomic E-state index is -0.119. The molecule has 1 atom stereocenters. The van der Waals surface area contributed by atoms with Crippen molar-refractivity contribution in [2.24, 2.45) is 5.92 Å². The van der Waals surface area contributed by atoms with Crippen LogP contribution in [0, 0.1) is 5.92 Å². The lowest BCUT2D eigenvalue weighted by Gasteiger charge is -2.28. The Morgan fingerprint density at radius 1 is 1.50 bits per heavy atom. The summed E-state index contributed by atoms with van der Waals surface area (Å²) in [6.07, 6.45) is 1.53. The molecular formula is C13H20ClN3O. The number of pyridine rings is 1. The third-order valence-corrected chi connectivity index (χ3v) is 3.10. The zero-order valence-corrected chi connectivity index (χ0v) is 12.0. The first-order valence-corrected chi connectivity index (χ1v) is 6.35. The highest BCUT2D eigenvalue weighted by Crippen LogP contribution is 2.09. The van der Waals surface area contributed by atoms with Gasteiger partial charge >= 0.3 is 0 Å². The highest BCUT2D eigenvalue weighted by atomic mass is 35.5. The van der Waals surface area contributed by atoms with Gasteiger partial charge in [0.15, 0.2) is 0 Å². The summed E-state index contributed by atoms with van der Waals surface area (Å²) in [5, 5.41) is 3.25. The van der Waals surface area contributed by atoms with Gasteiger partial charge in [-0.25, -0.2) is 4.98 Å². The van der Waals surface area contributed by atoms with E-state index in [9.17, 15) is 4.79 Å². The molecule has 0 aliphatic rings. The average molecular weight is 270 g/mol. The molecule has 100 valence electrons. The Labute approximate surface area is 113 Å². The molecule has 0 fully saturated rings. The van der Waals surface area contributed by atoms with Crippen LogP contribution < -0.4 is 5.32 Å². The van der Waals surface area contributed by atoms with Crippen molar-refractivity contribution in [3.63, 3.8) is 0 Å². The van der Waals surface area contributed by atoms with Crippen molar-refractivity contribution in [2.45, 2.75) is 19.9 Å². The van der Waals surface area contributed by atoms with Crippen LogP contribution in [0.3, 0.4) is 0 Å². The van der Waals surface area contributed by atoms with Gasteiger partial charge in [-0.1, -0.05) is 25.4 Å². The van der Waals surface area contributed by atoms with Crippen LogP contribution in [0.1, 0.15) is 24.2 Å². The van der Waals surface area contributed by atoms with E-state index in [4.69, 9.17) is 11.6 Å². The van der Waals surface area contributed by atoms with E-state index in [2.05, 4.69) is 29.0 Å². The summed E-state index contributed by atoms with van der Waals surface area (Å²) < 4.78 is 0. The molecule has 0 bridgehead atoms. The van der Waals surface area contributed by atoms with Gasteiger partial charge in [0.2, 0.25) is 0 Å². The molecule has 1 aromatic heterocycles. The molecular weight excluding hydrogens is 250 g/mol. The van der Waals surface area contributed by atoms with Gasteiger partial charge in [-0.2, -0.15) is 0 Å². The van der Waals surface area contributed by atoms with Crippen LogP contribution in [-0.4, -0.2) is 42.5 Å². The molecule has 1 aromatic rings. The summed E-state index contributed by atoms with van der Waals surface area (Å²) >= 11 is 5.75. The van der Waals surface area contributed by atoms with E-state index in [-0.39, 0.29) is 5.91 Å². The fourth-order valence-electron chi connectivity index (χ4n) is 1.86. The Balaban J connectivity index is 2.60. The van der Waals surface area contributed by atoms with Crippen molar-refractivity contribution in [1.29, 1.82) is 0 Å². The molecule has 1 unspecified atom stereocenters. The van der Waals surface area contributed by atoms with Crippen LogP contribution in [-0.2, 0) is 0 Å². The monoisotopic (exact) mass is 269 g/mol. The lowest BCUT2D eigenvalue weighted by atomic mass is 10.0. The summed E-state index contributed by atoms with van der Waals surface area (Å²) in [5.41, 5.74) is 0.538. The molecule has 0 aliphatic heterocycles. The molecule has 0 saturated carbocycles. The van der Waals surface area contributed by atoms with Gasteiger partial charge in [-0.15, -0.1) is 0 Å². The van der Waals surface area contributed by atoms with Gasteiger partial charge < -0.3 is 10.2 Å². The molecule has 1 N–H and O–H groups in total. The van der Waals surface area contributed by atoms with E-state index >= 15 is 0 Å². The number of rotatable bonds is 5. The third-order valence-electron chi connectivity index (χ3n) is 2.89. The van der Waals surface area contributed by atoms with Gasteiger partial charge in [-0.05, 0) is 32.1 Å². The second-order valence-corrected chi connectivity index (χ2v) is 5.24. The van der Waals surface area contributed by atoms with Gasteiger partial charge in [-0.3, -0.25) is 4.79 Å². The first kappa shape index (κ1) is 14.9. The Morgan fingerprint density at radius 2 is 2.17 bits per heavy atom. The van der Waals surface area contributed by atoms with Crippen molar-refractivity contribution in [3.05, 3.63) is 29.0 Å². The van der Waals surface area contributed by atoms with Crippen molar-refractivity contribution < 1.29 is 4.79 Å². The van der Waals surface area contributed by atoms with Crippen LogP contribution in [0.15, 0.2) is 18.3 Å². The van der Waals surface area contributed by atoms with Crippen molar-refractivity contribution in [3.8, 4) is 0 Å². The number of hydrogen-bond acceptors (Lipinski definition) is 3. The van der Waals surface area contributed by atoms with E-state index in [1.807, 2.05) is 14.1 Å². The van der Waals surface area contributed by atoms with Crippen LogP contribution in [0.25, 0.3) is 0 Å². The standard InChI is InChI=1S/C13H20ClN3O/c1-9(2)11(17(3)4)8-16-13(18)10-5-6-15-12(14)7-10/h5-7,9,11H,8H2,1-4H3,(H,16,18). The molecule has 1 heterocycles. The fourth-order valence-corrected chi connectivity index (χ4v) is 2.03. The largest absolute Gasteiger partial charge is 0.350 e. The maximum absolute atomic E-state index is 11.9. The van der Waals surface area contributed by atoms with Gasteiger partial charge in [0.05, 0.1) is 0 Å². The second kappa shape index (κ2) is 6.71. The molecule has 0 aliphatic carbocycles. The highest BCUT2D eigenvalue weighted by molar-refractivity contribution is 6.29. The Kier molecular flexibility index (Phi) is 5.56. The molecule has 1 amide bonds. The number of amides is 1. The highest BCUT2D eigenvalue weighted by Gasteiger charge is 2.17. The van der Waals surface area contributed by atoms with Crippen molar-refractivity contribution in [1.82, 2.24) is 15.2 Å². The van der Waals surface area contributed by atoms with Crippen LogP contribution >= 0.6 is 11.6 Å². The number of nitrogens with zero attached hydrogens (tertiary/aromatic N) is 2. The number of nitrogens with one attached hydrogen (secondary N) is 1. The number of halogens is 1. The molecule has 4 nitrogen and oxygen atoms in total. The molecule has 1 rings (SSSR count). The number of hydrogen-bond donors (Lipinski definition) is 1. The minimum absolute atomic E-state index is 0.119. The third kappa shape index (κ3) is 4.27. The van der Waals surface area contributed by atoms with Gasteiger partial charge in [0.25, 0.3) is 5.91 Å². The first-order chi connectivity index (χ1) is 8.41. The van der Waals surface area contributed by atoms with Crippen molar-refractivity contribution >= 4 is 17.5 Å². The van der Waals surface area contributed by atoms with E-state index < -0.39 is 0 Å². The topological polar surface area (TPSA) is 45.2 Å². The second-order valence-electron chi connectivity index (χ2n) is 4.85. The van der Waals surface area contributed by atoms with Crippen LogP contribution in [0.4, 0.5) is 0 Å². The molecule has 0 aromatic carbocycles. The minimum Gasteiger partial charge on any atom is -0.350 e. The van der Waals surface area contributed by atoms with Gasteiger partial charge in [0.1, 0.15) is 5.15 Å². The van der Waals surface area contributed by atoms with Crippen LogP contribution in [0.5, 0.6) is 0 Å². The Bertz CT molecular complexity index is 399. The maximum atomic E-state index is 11.9. The zero-order chi connectivity index (χ0) is 13.7. The number of likely N-dealkylation sites (N-methyl/N-ethyl adjacent to an activating group) is 1. The summed E-state index contributed by atoms with van der Waals surface area (Å²) in [6.45, 7) is 4.89. The summed E-state index contributed by atoms with van der Waals surface area (Å²) in [5.74, 6) is 0.355. The van der Waals surface area contributed by atoms with E-state index in [0.717, 1.165) is 0 Å². The normalized spacial score (nSPS) is 12.8. The fraction of sp³-hybridized carbons (Fsp3) is 0.538. The lowest BCUT2D eigenvalue weighted by Crippen LogP contribution is -2.43. The Morgan fingerprint density at radius 3 is 2.67 bits per heavy atom.